The zero-order chi connectivity index (χ0) is 16.9. The summed E-state index contributed by atoms with van der Waals surface area (Å²) in [5, 5.41) is 6.75. The van der Waals surface area contributed by atoms with E-state index in [2.05, 4.69) is 50.5 Å². The molecule has 2 aliphatic rings. The summed E-state index contributed by atoms with van der Waals surface area (Å²) in [6.45, 7) is 10.5. The van der Waals surface area contributed by atoms with Crippen LogP contribution >= 0.6 is 0 Å². The van der Waals surface area contributed by atoms with Crippen LogP contribution in [-0.4, -0.2) is 28.3 Å². The molecule has 0 radical (unpaired) electrons. The van der Waals surface area contributed by atoms with Gasteiger partial charge in [-0.25, -0.2) is 0 Å². The Bertz CT molecular complexity index is 593. The van der Waals surface area contributed by atoms with Gasteiger partial charge in [-0.3, -0.25) is 4.79 Å². The molecule has 2 aliphatic heterocycles. The molecule has 1 spiro atoms. The average Bonchev–Trinajstić information content (AvgIpc) is 2.56. The quantitative estimate of drug-likeness (QED) is 0.882. The van der Waals surface area contributed by atoms with Gasteiger partial charge in [-0.15, -0.1) is 0 Å². The zero-order valence-electron chi connectivity index (χ0n) is 14.8. The van der Waals surface area contributed by atoms with Gasteiger partial charge < -0.3 is 15.4 Å². The molecule has 2 fully saturated rings. The van der Waals surface area contributed by atoms with Gasteiger partial charge in [-0.05, 0) is 40.2 Å². The number of hydrogen-bond donors (Lipinski definition) is 2. The van der Waals surface area contributed by atoms with Gasteiger partial charge in [0.2, 0.25) is 0 Å². The van der Waals surface area contributed by atoms with Crippen molar-refractivity contribution in [2.24, 2.45) is 0 Å². The van der Waals surface area contributed by atoms with E-state index in [1.807, 2.05) is 25.1 Å². The summed E-state index contributed by atoms with van der Waals surface area (Å²) in [6.07, 6.45) is 2.04. The van der Waals surface area contributed by atoms with Crippen molar-refractivity contribution >= 4 is 5.91 Å². The van der Waals surface area contributed by atoms with Gasteiger partial charge in [0, 0.05) is 30.3 Å². The van der Waals surface area contributed by atoms with Gasteiger partial charge in [0.1, 0.15) is 5.72 Å². The average molecular weight is 316 g/mol. The minimum Gasteiger partial charge on any atom is -0.339 e. The Morgan fingerprint density at radius 1 is 1.00 bits per heavy atom. The van der Waals surface area contributed by atoms with E-state index in [4.69, 9.17) is 4.74 Å². The second-order valence-electron chi connectivity index (χ2n) is 8.69. The first kappa shape index (κ1) is 16.5. The fourth-order valence-corrected chi connectivity index (χ4v) is 4.65. The van der Waals surface area contributed by atoms with Crippen LogP contribution in [0.1, 0.15) is 53.0 Å². The van der Waals surface area contributed by atoms with Crippen LogP contribution in [0.15, 0.2) is 30.3 Å². The molecular weight excluding hydrogens is 288 g/mol. The third-order valence-corrected chi connectivity index (χ3v) is 4.73. The van der Waals surface area contributed by atoms with Crippen LogP contribution < -0.4 is 10.6 Å². The van der Waals surface area contributed by atoms with Gasteiger partial charge in [-0.1, -0.05) is 30.3 Å². The molecule has 3 rings (SSSR count). The Hall–Kier alpha value is -1.39. The molecule has 1 aromatic rings. The number of carbonyl (C=O) groups is 1. The number of nitrogens with one attached hydrogen (secondary N) is 2. The summed E-state index contributed by atoms with van der Waals surface area (Å²) in [5.41, 5.74) is -0.516. The molecule has 4 nitrogen and oxygen atoms in total. The number of amides is 1. The first-order valence-electron chi connectivity index (χ1n) is 8.39. The highest BCUT2D eigenvalue weighted by Crippen LogP contribution is 2.44. The normalized spacial score (nSPS) is 31.1. The lowest BCUT2D eigenvalue weighted by Crippen LogP contribution is -2.65. The maximum atomic E-state index is 12.9. The highest BCUT2D eigenvalue weighted by atomic mass is 16.6. The highest BCUT2D eigenvalue weighted by molar-refractivity contribution is 5.88. The van der Waals surface area contributed by atoms with Crippen LogP contribution in [-0.2, 0) is 16.0 Å². The molecule has 0 aromatic heterocycles. The lowest BCUT2D eigenvalue weighted by atomic mass is 9.72. The Labute approximate surface area is 139 Å². The van der Waals surface area contributed by atoms with Crippen molar-refractivity contribution in [3.05, 3.63) is 35.9 Å². The predicted molar refractivity (Wildman–Crippen MR) is 91.0 cm³/mol. The standard InChI is InChI=1S/C19H28N2O2/c1-16(2)12-19(13-17(3,4)21-16)15(22)20-18(5,23-19)11-14-9-7-6-8-10-14/h6-10,21H,11-13H2,1-5H3,(H,20,22). The van der Waals surface area contributed by atoms with Crippen molar-refractivity contribution in [3.8, 4) is 0 Å². The molecule has 2 saturated heterocycles. The molecule has 2 heterocycles. The van der Waals surface area contributed by atoms with E-state index in [9.17, 15) is 4.79 Å². The maximum Gasteiger partial charge on any atom is 0.254 e. The molecule has 1 amide bonds. The van der Waals surface area contributed by atoms with Gasteiger partial charge >= 0.3 is 0 Å². The Kier molecular flexibility index (Phi) is 3.62. The van der Waals surface area contributed by atoms with Crippen molar-refractivity contribution in [2.45, 2.75) is 76.3 Å². The number of carbonyl (C=O) groups excluding carboxylic acids is 1. The van der Waals surface area contributed by atoms with E-state index in [1.165, 1.54) is 5.56 Å². The summed E-state index contributed by atoms with van der Waals surface area (Å²) in [5.74, 6) is 0.0265. The highest BCUT2D eigenvalue weighted by Gasteiger charge is 2.59. The molecule has 0 saturated carbocycles. The van der Waals surface area contributed by atoms with Gasteiger partial charge in [-0.2, -0.15) is 0 Å². The SMILES string of the molecule is CC1(C)CC2(CC(C)(C)N1)OC(C)(Cc1ccccc1)NC2=O. The fraction of sp³-hybridized carbons (Fsp3) is 0.632. The Balaban J connectivity index is 1.86. The van der Waals surface area contributed by atoms with Crippen LogP contribution in [0.3, 0.4) is 0 Å². The summed E-state index contributed by atoms with van der Waals surface area (Å²) in [4.78, 5) is 12.9. The van der Waals surface area contributed by atoms with E-state index >= 15 is 0 Å². The number of piperidine rings is 1. The van der Waals surface area contributed by atoms with E-state index in [0.717, 1.165) is 0 Å². The third-order valence-electron chi connectivity index (χ3n) is 4.73. The van der Waals surface area contributed by atoms with Crippen LogP contribution in [0.4, 0.5) is 0 Å². The van der Waals surface area contributed by atoms with E-state index in [-0.39, 0.29) is 17.0 Å². The van der Waals surface area contributed by atoms with Gasteiger partial charge in [0.15, 0.2) is 5.60 Å². The molecule has 0 aliphatic carbocycles. The lowest BCUT2D eigenvalue weighted by molar-refractivity contribution is -0.158. The van der Waals surface area contributed by atoms with Crippen LogP contribution in [0.5, 0.6) is 0 Å². The van der Waals surface area contributed by atoms with Crippen molar-refractivity contribution in [3.63, 3.8) is 0 Å². The van der Waals surface area contributed by atoms with Crippen molar-refractivity contribution < 1.29 is 9.53 Å². The Morgan fingerprint density at radius 2 is 1.57 bits per heavy atom. The topological polar surface area (TPSA) is 50.4 Å². The molecular formula is C19H28N2O2. The minimum atomic E-state index is -0.748. The summed E-state index contributed by atoms with van der Waals surface area (Å²) >= 11 is 0. The second kappa shape index (κ2) is 5.05. The maximum absolute atomic E-state index is 12.9. The minimum absolute atomic E-state index is 0.0265. The van der Waals surface area contributed by atoms with Gasteiger partial charge in [0.05, 0.1) is 0 Å². The fourth-order valence-electron chi connectivity index (χ4n) is 4.65. The largest absolute Gasteiger partial charge is 0.339 e. The Morgan fingerprint density at radius 3 is 2.13 bits per heavy atom. The van der Waals surface area contributed by atoms with Crippen molar-refractivity contribution in [2.75, 3.05) is 0 Å². The molecule has 126 valence electrons. The lowest BCUT2D eigenvalue weighted by Gasteiger charge is -2.50. The third kappa shape index (κ3) is 3.29. The second-order valence-corrected chi connectivity index (χ2v) is 8.69. The first-order chi connectivity index (χ1) is 10.5. The summed E-state index contributed by atoms with van der Waals surface area (Å²) in [6, 6.07) is 10.2. The number of benzene rings is 1. The number of rotatable bonds is 2. The van der Waals surface area contributed by atoms with Crippen LogP contribution in [0.25, 0.3) is 0 Å². The molecule has 4 heteroatoms. The molecule has 2 N–H and O–H groups in total. The molecule has 0 bridgehead atoms. The van der Waals surface area contributed by atoms with Crippen molar-refractivity contribution in [1.29, 1.82) is 0 Å². The van der Waals surface area contributed by atoms with Gasteiger partial charge in [0.25, 0.3) is 5.91 Å². The first-order valence-corrected chi connectivity index (χ1v) is 8.39. The molecule has 1 atom stereocenters. The van der Waals surface area contributed by atoms with Crippen LogP contribution in [0.2, 0.25) is 0 Å². The van der Waals surface area contributed by atoms with Crippen LogP contribution in [0, 0.1) is 0 Å². The molecule has 1 aromatic carbocycles. The monoisotopic (exact) mass is 316 g/mol. The molecule has 1 unspecified atom stereocenters. The van der Waals surface area contributed by atoms with E-state index in [1.54, 1.807) is 0 Å². The van der Waals surface area contributed by atoms with E-state index in [0.29, 0.717) is 19.3 Å². The summed E-state index contributed by atoms with van der Waals surface area (Å²) < 4.78 is 6.46. The predicted octanol–water partition coefficient (Wildman–Crippen LogP) is 2.77. The molecule has 23 heavy (non-hydrogen) atoms. The van der Waals surface area contributed by atoms with Crippen molar-refractivity contribution in [1.82, 2.24) is 10.6 Å². The number of ether oxygens (including phenoxy) is 1. The van der Waals surface area contributed by atoms with E-state index < -0.39 is 11.3 Å². The zero-order valence-corrected chi connectivity index (χ0v) is 14.8. The smallest absolute Gasteiger partial charge is 0.254 e. The summed E-state index contributed by atoms with van der Waals surface area (Å²) in [7, 11) is 0. The number of hydrogen-bond acceptors (Lipinski definition) is 3.